The molecule has 1 aromatic heterocycles. The number of hydrogen-bond acceptors (Lipinski definition) is 4. The summed E-state index contributed by atoms with van der Waals surface area (Å²) in [5.74, 6) is -0.482. The minimum absolute atomic E-state index is 0.0323. The lowest BCUT2D eigenvalue weighted by molar-refractivity contribution is -0.120. The quantitative estimate of drug-likeness (QED) is 0.798. The summed E-state index contributed by atoms with van der Waals surface area (Å²) in [5, 5.41) is 5.55. The van der Waals surface area contributed by atoms with Gasteiger partial charge in [-0.15, -0.1) is 0 Å². The normalized spacial score (nSPS) is 17.6. The summed E-state index contributed by atoms with van der Waals surface area (Å²) >= 11 is 0. The number of carbonyl (C=O) groups excluding carboxylic acids is 2. The van der Waals surface area contributed by atoms with Crippen LogP contribution in [0.3, 0.4) is 0 Å². The Labute approximate surface area is 153 Å². The van der Waals surface area contributed by atoms with E-state index in [2.05, 4.69) is 39.8 Å². The van der Waals surface area contributed by atoms with Crippen molar-refractivity contribution < 1.29 is 14.0 Å². The van der Waals surface area contributed by atoms with Gasteiger partial charge in [0, 0.05) is 19.1 Å². The van der Waals surface area contributed by atoms with Crippen LogP contribution in [0.4, 0.5) is 0 Å². The zero-order valence-corrected chi connectivity index (χ0v) is 14.8. The lowest BCUT2D eigenvalue weighted by Crippen LogP contribution is -2.47. The summed E-state index contributed by atoms with van der Waals surface area (Å²) < 4.78 is 4.86. The first-order valence-corrected chi connectivity index (χ1v) is 9.07. The van der Waals surface area contributed by atoms with Gasteiger partial charge >= 0.3 is 0 Å². The predicted molar refractivity (Wildman–Crippen MR) is 98.5 cm³/mol. The number of nitrogens with one attached hydrogen (secondary N) is 2. The molecule has 26 heavy (non-hydrogen) atoms. The van der Waals surface area contributed by atoms with Crippen molar-refractivity contribution in [3.8, 4) is 0 Å². The molecule has 1 saturated heterocycles. The lowest BCUT2D eigenvalue weighted by atomic mass is 10.0. The van der Waals surface area contributed by atoms with Crippen LogP contribution in [0, 0.1) is 0 Å². The fraction of sp³-hybridized carbons (Fsp3) is 0.400. The molecule has 0 radical (unpaired) electrons. The van der Waals surface area contributed by atoms with Crippen LogP contribution in [0.5, 0.6) is 0 Å². The largest absolute Gasteiger partial charge is 0.472 e. The molecule has 0 aliphatic carbocycles. The van der Waals surface area contributed by atoms with Crippen LogP contribution < -0.4 is 10.6 Å². The third-order valence-corrected chi connectivity index (χ3v) is 4.71. The molecule has 6 heteroatoms. The van der Waals surface area contributed by atoms with Gasteiger partial charge in [0.1, 0.15) is 6.26 Å². The highest BCUT2D eigenvalue weighted by Gasteiger charge is 2.23. The Bertz CT molecular complexity index is 700. The molecule has 0 spiro atoms. The van der Waals surface area contributed by atoms with Crippen molar-refractivity contribution in [2.45, 2.75) is 31.8 Å². The Morgan fingerprint density at radius 3 is 2.73 bits per heavy atom. The van der Waals surface area contributed by atoms with Crippen LogP contribution in [0.15, 0.2) is 53.3 Å². The van der Waals surface area contributed by atoms with Gasteiger partial charge in [-0.05, 0) is 31.0 Å². The molecule has 2 aromatic rings. The summed E-state index contributed by atoms with van der Waals surface area (Å²) in [6.07, 6.45) is 6.24. The monoisotopic (exact) mass is 355 g/mol. The molecular formula is C20H25N3O3. The van der Waals surface area contributed by atoms with Gasteiger partial charge in [0.2, 0.25) is 5.91 Å². The van der Waals surface area contributed by atoms with Crippen LogP contribution in [-0.4, -0.2) is 42.4 Å². The number of nitrogens with zero attached hydrogens (tertiary/aromatic N) is 1. The second-order valence-electron chi connectivity index (χ2n) is 6.60. The minimum atomic E-state index is -0.308. The average molecular weight is 355 g/mol. The molecule has 1 aromatic carbocycles. The van der Waals surface area contributed by atoms with E-state index in [0.717, 1.165) is 19.5 Å². The van der Waals surface area contributed by atoms with E-state index in [-0.39, 0.29) is 18.4 Å². The zero-order chi connectivity index (χ0) is 18.2. The highest BCUT2D eigenvalue weighted by Crippen LogP contribution is 2.19. The van der Waals surface area contributed by atoms with Crippen molar-refractivity contribution >= 4 is 11.8 Å². The molecule has 1 fully saturated rings. The average Bonchev–Trinajstić information content (AvgIpc) is 3.21. The molecule has 6 nitrogen and oxygen atoms in total. The minimum Gasteiger partial charge on any atom is -0.472 e. The van der Waals surface area contributed by atoms with E-state index in [1.165, 1.54) is 30.9 Å². The second-order valence-corrected chi connectivity index (χ2v) is 6.60. The topological polar surface area (TPSA) is 74.6 Å². The fourth-order valence-electron chi connectivity index (χ4n) is 3.27. The standard InChI is InChI=1S/C20H25N3O3/c24-19(13-22-20(25)17-9-11-26-15-17)21-12-18-8-4-5-10-23(18)14-16-6-2-1-3-7-16/h1-3,6-7,9,11,15,18H,4-5,8,10,12-14H2,(H,21,24)(H,22,25)/t18-/m0/s1. The molecule has 1 atom stereocenters. The maximum Gasteiger partial charge on any atom is 0.254 e. The molecule has 1 aliphatic rings. The molecular weight excluding hydrogens is 330 g/mol. The number of rotatable bonds is 7. The second kappa shape index (κ2) is 9.20. The molecule has 0 bridgehead atoms. The maximum atomic E-state index is 12.1. The Kier molecular flexibility index (Phi) is 6.44. The third-order valence-electron chi connectivity index (χ3n) is 4.71. The van der Waals surface area contributed by atoms with Crippen LogP contribution in [0.2, 0.25) is 0 Å². The van der Waals surface area contributed by atoms with Gasteiger partial charge in [0.05, 0.1) is 18.4 Å². The first-order valence-electron chi connectivity index (χ1n) is 9.07. The van der Waals surface area contributed by atoms with Gasteiger partial charge < -0.3 is 15.1 Å². The van der Waals surface area contributed by atoms with E-state index in [4.69, 9.17) is 4.42 Å². The molecule has 2 amide bonds. The van der Waals surface area contributed by atoms with Crippen molar-refractivity contribution in [3.63, 3.8) is 0 Å². The van der Waals surface area contributed by atoms with E-state index in [1.807, 2.05) is 6.07 Å². The van der Waals surface area contributed by atoms with Crippen molar-refractivity contribution in [3.05, 3.63) is 60.1 Å². The number of piperidine rings is 1. The Balaban J connectivity index is 1.44. The van der Waals surface area contributed by atoms with E-state index < -0.39 is 0 Å². The summed E-state index contributed by atoms with van der Waals surface area (Å²) in [6, 6.07) is 12.3. The Morgan fingerprint density at radius 1 is 1.12 bits per heavy atom. The molecule has 1 aliphatic heterocycles. The highest BCUT2D eigenvalue weighted by molar-refractivity contribution is 5.96. The smallest absolute Gasteiger partial charge is 0.254 e. The van der Waals surface area contributed by atoms with Crippen molar-refractivity contribution in [1.29, 1.82) is 0 Å². The number of carbonyl (C=O) groups is 2. The van der Waals surface area contributed by atoms with Gasteiger partial charge in [-0.2, -0.15) is 0 Å². The van der Waals surface area contributed by atoms with Crippen molar-refractivity contribution in [2.24, 2.45) is 0 Å². The van der Waals surface area contributed by atoms with E-state index in [1.54, 1.807) is 6.07 Å². The van der Waals surface area contributed by atoms with E-state index >= 15 is 0 Å². The first kappa shape index (κ1) is 18.2. The molecule has 0 unspecified atom stereocenters. The number of hydrogen-bond donors (Lipinski definition) is 2. The number of amides is 2. The SMILES string of the molecule is O=C(CNC(=O)c1ccoc1)NC[C@@H]1CCCCN1Cc1ccccc1. The third kappa shape index (κ3) is 5.20. The maximum absolute atomic E-state index is 12.1. The van der Waals surface area contributed by atoms with Gasteiger partial charge in [-0.3, -0.25) is 14.5 Å². The van der Waals surface area contributed by atoms with E-state index in [0.29, 0.717) is 18.2 Å². The predicted octanol–water partition coefficient (Wildman–Crippen LogP) is 2.18. The zero-order valence-electron chi connectivity index (χ0n) is 14.8. The number of likely N-dealkylation sites (tertiary alicyclic amines) is 1. The first-order chi connectivity index (χ1) is 12.7. The Hall–Kier alpha value is -2.60. The van der Waals surface area contributed by atoms with E-state index in [9.17, 15) is 9.59 Å². The molecule has 3 rings (SSSR count). The number of furan rings is 1. The molecule has 0 saturated carbocycles. The van der Waals surface area contributed by atoms with Crippen molar-refractivity contribution in [1.82, 2.24) is 15.5 Å². The summed E-state index contributed by atoms with van der Waals surface area (Å²) in [7, 11) is 0. The highest BCUT2D eigenvalue weighted by atomic mass is 16.3. The van der Waals surface area contributed by atoms with Gasteiger partial charge in [0.15, 0.2) is 0 Å². The van der Waals surface area contributed by atoms with Crippen LogP contribution in [0.1, 0.15) is 35.2 Å². The Morgan fingerprint density at radius 2 is 1.96 bits per heavy atom. The molecule has 2 heterocycles. The van der Waals surface area contributed by atoms with Gasteiger partial charge in [-0.25, -0.2) is 0 Å². The van der Waals surface area contributed by atoms with Gasteiger partial charge in [-0.1, -0.05) is 36.8 Å². The summed E-state index contributed by atoms with van der Waals surface area (Å²) in [6.45, 7) is 2.52. The molecule has 2 N–H and O–H groups in total. The van der Waals surface area contributed by atoms with Gasteiger partial charge in [0.25, 0.3) is 5.91 Å². The lowest BCUT2D eigenvalue weighted by Gasteiger charge is -2.35. The molecule has 138 valence electrons. The summed E-state index contributed by atoms with van der Waals surface area (Å²) in [5.41, 5.74) is 1.71. The number of benzene rings is 1. The van der Waals surface area contributed by atoms with Crippen LogP contribution in [0.25, 0.3) is 0 Å². The van der Waals surface area contributed by atoms with Crippen LogP contribution in [-0.2, 0) is 11.3 Å². The van der Waals surface area contributed by atoms with Crippen molar-refractivity contribution in [2.75, 3.05) is 19.6 Å². The van der Waals surface area contributed by atoms with Crippen LogP contribution >= 0.6 is 0 Å². The fourth-order valence-corrected chi connectivity index (χ4v) is 3.27. The summed E-state index contributed by atoms with van der Waals surface area (Å²) in [4.78, 5) is 26.3.